The van der Waals surface area contributed by atoms with Crippen LogP contribution in [0, 0.1) is 5.41 Å². The molecule has 1 fully saturated rings. The van der Waals surface area contributed by atoms with Crippen LogP contribution in [0.1, 0.15) is 58.8 Å². The van der Waals surface area contributed by atoms with Crippen LogP contribution in [0.15, 0.2) is 0 Å². The van der Waals surface area contributed by atoms with Gasteiger partial charge in [0.2, 0.25) is 0 Å². The van der Waals surface area contributed by atoms with E-state index in [-0.39, 0.29) is 5.75 Å². The molecular weight excluding hydrogens is 246 g/mol. The highest BCUT2D eigenvalue weighted by atomic mass is 32.2. The van der Waals surface area contributed by atoms with Crippen LogP contribution < -0.4 is 5.32 Å². The summed E-state index contributed by atoms with van der Waals surface area (Å²) in [6.45, 7) is 6.08. The molecule has 1 aliphatic carbocycles. The summed E-state index contributed by atoms with van der Waals surface area (Å²) in [6, 6.07) is 0. The summed E-state index contributed by atoms with van der Waals surface area (Å²) in [7, 11) is -2.78. The van der Waals surface area contributed by atoms with Crippen LogP contribution in [-0.4, -0.2) is 33.0 Å². The molecule has 108 valence electrons. The van der Waals surface area contributed by atoms with Crippen molar-refractivity contribution in [2.45, 2.75) is 58.8 Å². The van der Waals surface area contributed by atoms with E-state index in [1.165, 1.54) is 32.1 Å². The van der Waals surface area contributed by atoms with Crippen LogP contribution in [0.4, 0.5) is 0 Å². The molecule has 0 saturated heterocycles. The lowest BCUT2D eigenvalue weighted by molar-refractivity contribution is 0.255. The summed E-state index contributed by atoms with van der Waals surface area (Å²) < 4.78 is 23.0. The van der Waals surface area contributed by atoms with Gasteiger partial charge in [-0.1, -0.05) is 26.7 Å². The normalized spacial score (nSPS) is 19.2. The van der Waals surface area contributed by atoms with Gasteiger partial charge in [0.15, 0.2) is 0 Å². The molecule has 0 spiro atoms. The molecule has 4 heteroatoms. The lowest BCUT2D eigenvalue weighted by Gasteiger charge is -2.29. The Hall–Kier alpha value is -0.0900. The summed E-state index contributed by atoms with van der Waals surface area (Å²) in [5.74, 6) is 0.660. The number of nitrogens with one attached hydrogen (secondary N) is 1. The highest BCUT2D eigenvalue weighted by molar-refractivity contribution is 7.91. The lowest BCUT2D eigenvalue weighted by atomic mass is 9.81. The van der Waals surface area contributed by atoms with E-state index in [4.69, 9.17) is 0 Å². The SMILES string of the molecule is CCCNCC1(CCCS(=O)(=O)CC)CCCC1. The van der Waals surface area contributed by atoms with Gasteiger partial charge < -0.3 is 5.32 Å². The average molecular weight is 275 g/mol. The van der Waals surface area contributed by atoms with Gasteiger partial charge in [-0.3, -0.25) is 0 Å². The fraction of sp³-hybridized carbons (Fsp3) is 1.00. The fourth-order valence-electron chi connectivity index (χ4n) is 2.98. The Bertz CT molecular complexity index is 319. The van der Waals surface area contributed by atoms with E-state index in [0.717, 1.165) is 25.9 Å². The minimum absolute atomic E-state index is 0.286. The molecule has 18 heavy (non-hydrogen) atoms. The molecule has 1 aliphatic rings. The van der Waals surface area contributed by atoms with Gasteiger partial charge in [-0.25, -0.2) is 8.42 Å². The van der Waals surface area contributed by atoms with Gasteiger partial charge in [0.1, 0.15) is 9.84 Å². The maximum atomic E-state index is 11.5. The average Bonchev–Trinajstić information content (AvgIpc) is 2.78. The maximum absolute atomic E-state index is 11.5. The third kappa shape index (κ3) is 5.27. The maximum Gasteiger partial charge on any atom is 0.150 e. The van der Waals surface area contributed by atoms with Crippen molar-refractivity contribution in [3.8, 4) is 0 Å². The molecule has 0 amide bonds. The molecule has 0 aromatic carbocycles. The first-order valence-electron chi connectivity index (χ1n) is 7.45. The quantitative estimate of drug-likeness (QED) is 0.658. The molecule has 0 unspecified atom stereocenters. The first kappa shape index (κ1) is 16.0. The predicted molar refractivity (Wildman–Crippen MR) is 77.6 cm³/mol. The molecule has 0 bridgehead atoms. The van der Waals surface area contributed by atoms with Crippen molar-refractivity contribution in [3.05, 3.63) is 0 Å². The highest BCUT2D eigenvalue weighted by Gasteiger charge is 2.33. The topological polar surface area (TPSA) is 46.2 Å². The van der Waals surface area contributed by atoms with Crippen LogP contribution >= 0.6 is 0 Å². The third-order valence-corrected chi connectivity index (χ3v) is 5.98. The molecule has 1 saturated carbocycles. The zero-order valence-corrected chi connectivity index (χ0v) is 12.8. The fourth-order valence-corrected chi connectivity index (χ4v) is 3.85. The Kier molecular flexibility index (Phi) is 6.64. The second-order valence-corrected chi connectivity index (χ2v) is 8.20. The van der Waals surface area contributed by atoms with Crippen LogP contribution in [0.2, 0.25) is 0 Å². The molecule has 0 aliphatic heterocycles. The van der Waals surface area contributed by atoms with Crippen molar-refractivity contribution in [1.82, 2.24) is 5.32 Å². The van der Waals surface area contributed by atoms with Gasteiger partial charge in [0, 0.05) is 12.3 Å². The molecule has 1 rings (SSSR count). The van der Waals surface area contributed by atoms with E-state index in [2.05, 4.69) is 12.2 Å². The Morgan fingerprint density at radius 2 is 1.83 bits per heavy atom. The Labute approximate surface area is 113 Å². The second-order valence-electron chi connectivity index (χ2n) is 5.72. The second kappa shape index (κ2) is 7.49. The highest BCUT2D eigenvalue weighted by Crippen LogP contribution is 2.41. The summed E-state index contributed by atoms with van der Waals surface area (Å²) in [6.07, 6.45) is 8.25. The molecule has 1 N–H and O–H groups in total. The molecule has 0 radical (unpaired) electrons. The van der Waals surface area contributed by atoms with Gasteiger partial charge in [0.25, 0.3) is 0 Å². The van der Waals surface area contributed by atoms with Crippen molar-refractivity contribution in [2.75, 3.05) is 24.6 Å². The molecule has 0 aromatic heterocycles. The Balaban J connectivity index is 2.38. The summed E-state index contributed by atoms with van der Waals surface area (Å²) in [5, 5.41) is 3.53. The van der Waals surface area contributed by atoms with Crippen molar-refractivity contribution < 1.29 is 8.42 Å². The van der Waals surface area contributed by atoms with Crippen LogP contribution in [0.5, 0.6) is 0 Å². The van der Waals surface area contributed by atoms with Crippen LogP contribution in [-0.2, 0) is 9.84 Å². The van der Waals surface area contributed by atoms with Crippen molar-refractivity contribution in [1.29, 1.82) is 0 Å². The van der Waals surface area contributed by atoms with Gasteiger partial charge in [-0.15, -0.1) is 0 Å². The van der Waals surface area contributed by atoms with E-state index in [9.17, 15) is 8.42 Å². The zero-order valence-electron chi connectivity index (χ0n) is 12.0. The monoisotopic (exact) mass is 275 g/mol. The number of sulfone groups is 1. The van der Waals surface area contributed by atoms with Gasteiger partial charge in [0.05, 0.1) is 5.75 Å². The third-order valence-electron chi connectivity index (χ3n) is 4.19. The smallest absolute Gasteiger partial charge is 0.150 e. The molecule has 0 aromatic rings. The summed E-state index contributed by atoms with van der Waals surface area (Å²) >= 11 is 0. The van der Waals surface area contributed by atoms with Crippen LogP contribution in [0.3, 0.4) is 0 Å². The largest absolute Gasteiger partial charge is 0.316 e. The van der Waals surface area contributed by atoms with Gasteiger partial charge in [-0.05, 0) is 44.1 Å². The number of rotatable bonds is 9. The van der Waals surface area contributed by atoms with Crippen molar-refractivity contribution >= 4 is 9.84 Å². The van der Waals surface area contributed by atoms with E-state index in [1.807, 2.05) is 0 Å². The molecular formula is C14H29NO2S. The Morgan fingerprint density at radius 1 is 1.17 bits per heavy atom. The standard InChI is InChI=1S/C14H29NO2S/c1-3-11-15-13-14(8-5-6-9-14)10-7-12-18(16,17)4-2/h15H,3-13H2,1-2H3. The Morgan fingerprint density at radius 3 is 2.39 bits per heavy atom. The molecule has 0 atom stereocenters. The first-order valence-corrected chi connectivity index (χ1v) is 9.27. The van der Waals surface area contributed by atoms with Gasteiger partial charge >= 0.3 is 0 Å². The summed E-state index contributed by atoms with van der Waals surface area (Å²) in [4.78, 5) is 0. The van der Waals surface area contributed by atoms with E-state index in [0.29, 0.717) is 11.2 Å². The zero-order chi connectivity index (χ0) is 13.5. The van der Waals surface area contributed by atoms with Crippen molar-refractivity contribution in [2.24, 2.45) is 5.41 Å². The molecule has 3 nitrogen and oxygen atoms in total. The minimum atomic E-state index is -2.78. The molecule has 0 heterocycles. The van der Waals surface area contributed by atoms with E-state index in [1.54, 1.807) is 6.92 Å². The van der Waals surface area contributed by atoms with E-state index >= 15 is 0 Å². The number of hydrogen-bond acceptors (Lipinski definition) is 3. The van der Waals surface area contributed by atoms with Gasteiger partial charge in [-0.2, -0.15) is 0 Å². The number of hydrogen-bond donors (Lipinski definition) is 1. The first-order chi connectivity index (χ1) is 8.54. The van der Waals surface area contributed by atoms with Crippen molar-refractivity contribution in [3.63, 3.8) is 0 Å². The predicted octanol–water partition coefficient (Wildman–Crippen LogP) is 2.76. The van der Waals surface area contributed by atoms with E-state index < -0.39 is 9.84 Å². The van der Waals surface area contributed by atoms with Crippen LogP contribution in [0.25, 0.3) is 0 Å². The summed E-state index contributed by atoms with van der Waals surface area (Å²) in [5.41, 5.74) is 0.387. The lowest BCUT2D eigenvalue weighted by Crippen LogP contribution is -2.33. The minimum Gasteiger partial charge on any atom is -0.316 e.